The molecular weight excluding hydrogens is 254 g/mol. The molecule has 0 amide bonds. The molecule has 0 spiro atoms. The monoisotopic (exact) mass is 265 g/mol. The zero-order valence-corrected chi connectivity index (χ0v) is 9.87. The number of hydrogen-bond donors (Lipinski definition) is 1. The van der Waals surface area contributed by atoms with Crippen LogP contribution in [0.3, 0.4) is 0 Å². The third-order valence-corrected chi connectivity index (χ3v) is 3.55. The first-order chi connectivity index (χ1) is 7.36. The molecule has 3 heterocycles. The summed E-state index contributed by atoms with van der Waals surface area (Å²) >= 11 is 3.54. The smallest absolute Gasteiger partial charge is 0.137 e. The number of rotatable bonds is 1. The molecule has 0 radical (unpaired) electrons. The lowest BCUT2D eigenvalue weighted by Gasteiger charge is -2.12. The second-order valence-electron chi connectivity index (χ2n) is 3.91. The number of nitrogens with zero attached hydrogens (tertiary/aromatic N) is 2. The van der Waals surface area contributed by atoms with E-state index >= 15 is 0 Å². The highest BCUT2D eigenvalue weighted by atomic mass is 79.9. The van der Waals surface area contributed by atoms with Crippen LogP contribution >= 0.6 is 15.9 Å². The summed E-state index contributed by atoms with van der Waals surface area (Å²) in [5.74, 6) is 0.610. The maximum absolute atomic E-state index is 4.35. The van der Waals surface area contributed by atoms with E-state index in [0.717, 1.165) is 23.3 Å². The van der Waals surface area contributed by atoms with Gasteiger partial charge >= 0.3 is 0 Å². The molecule has 0 aromatic carbocycles. The molecule has 4 heteroatoms. The van der Waals surface area contributed by atoms with Crippen LogP contribution in [-0.2, 0) is 0 Å². The molecule has 0 aliphatic carbocycles. The average molecular weight is 266 g/mol. The van der Waals surface area contributed by atoms with E-state index in [0.29, 0.717) is 5.92 Å². The van der Waals surface area contributed by atoms with Gasteiger partial charge in [-0.2, -0.15) is 0 Å². The zero-order valence-electron chi connectivity index (χ0n) is 8.28. The first kappa shape index (κ1) is 9.36. The quantitative estimate of drug-likeness (QED) is 0.857. The minimum Gasteiger partial charge on any atom is -0.316 e. The molecule has 1 saturated heterocycles. The molecule has 1 atom stereocenters. The van der Waals surface area contributed by atoms with Crippen molar-refractivity contribution in [3.63, 3.8) is 0 Å². The van der Waals surface area contributed by atoms with Crippen molar-refractivity contribution in [2.75, 3.05) is 13.1 Å². The fourth-order valence-electron chi connectivity index (χ4n) is 2.25. The van der Waals surface area contributed by atoms with E-state index in [-0.39, 0.29) is 0 Å². The Morgan fingerprint density at radius 2 is 2.40 bits per heavy atom. The normalized spacial score (nSPS) is 21.3. The third kappa shape index (κ3) is 1.48. The fourth-order valence-corrected chi connectivity index (χ4v) is 2.74. The van der Waals surface area contributed by atoms with E-state index in [9.17, 15) is 0 Å². The summed E-state index contributed by atoms with van der Waals surface area (Å²) in [6, 6.07) is 6.32. The van der Waals surface area contributed by atoms with E-state index in [2.05, 4.69) is 42.8 Å². The van der Waals surface area contributed by atoms with Crippen molar-refractivity contribution >= 4 is 21.6 Å². The van der Waals surface area contributed by atoms with Gasteiger partial charge in [0.05, 0.1) is 6.20 Å². The van der Waals surface area contributed by atoms with Crippen LogP contribution in [0.4, 0.5) is 0 Å². The van der Waals surface area contributed by atoms with Crippen LogP contribution in [0.15, 0.2) is 29.0 Å². The Morgan fingerprint density at radius 3 is 3.20 bits per heavy atom. The molecule has 0 bridgehead atoms. The van der Waals surface area contributed by atoms with Gasteiger partial charge in [0.15, 0.2) is 0 Å². The average Bonchev–Trinajstić information content (AvgIpc) is 2.88. The summed E-state index contributed by atoms with van der Waals surface area (Å²) in [4.78, 5) is 4.35. The topological polar surface area (TPSA) is 29.3 Å². The van der Waals surface area contributed by atoms with Crippen LogP contribution in [0.1, 0.15) is 18.0 Å². The summed E-state index contributed by atoms with van der Waals surface area (Å²) in [6.45, 7) is 2.19. The Balaban J connectivity index is 2.19. The largest absolute Gasteiger partial charge is 0.316 e. The van der Waals surface area contributed by atoms with Gasteiger partial charge in [-0.15, -0.1) is 0 Å². The number of pyridine rings is 1. The van der Waals surface area contributed by atoms with Gasteiger partial charge in [0.2, 0.25) is 0 Å². The molecule has 3 rings (SSSR count). The predicted molar refractivity (Wildman–Crippen MR) is 63.1 cm³/mol. The van der Waals surface area contributed by atoms with E-state index in [4.69, 9.17) is 0 Å². The number of halogens is 1. The number of fused-ring (bicyclic) bond motifs is 1. The molecule has 2 aromatic rings. The summed E-state index contributed by atoms with van der Waals surface area (Å²) in [5.41, 5.74) is 2.37. The summed E-state index contributed by atoms with van der Waals surface area (Å²) in [5, 5.41) is 3.40. The first-order valence-corrected chi connectivity index (χ1v) is 5.98. The molecule has 2 aromatic heterocycles. The number of hydrogen-bond acceptors (Lipinski definition) is 2. The highest BCUT2D eigenvalue weighted by Crippen LogP contribution is 2.25. The van der Waals surface area contributed by atoms with Crippen molar-refractivity contribution in [3.05, 3.63) is 34.7 Å². The summed E-state index contributed by atoms with van der Waals surface area (Å²) < 4.78 is 3.23. The van der Waals surface area contributed by atoms with Gasteiger partial charge in [-0.1, -0.05) is 6.07 Å². The lowest BCUT2D eigenvalue weighted by molar-refractivity contribution is 0.719. The second-order valence-corrected chi connectivity index (χ2v) is 4.73. The molecule has 0 saturated carbocycles. The Bertz CT molecular complexity index is 486. The van der Waals surface area contributed by atoms with Gasteiger partial charge in [0.25, 0.3) is 0 Å². The van der Waals surface area contributed by atoms with E-state index in [1.54, 1.807) is 0 Å². The fraction of sp³-hybridized carbons (Fsp3) is 0.364. The van der Waals surface area contributed by atoms with Crippen LogP contribution in [0.25, 0.3) is 5.65 Å². The van der Waals surface area contributed by atoms with Crippen molar-refractivity contribution in [2.24, 2.45) is 0 Å². The SMILES string of the molecule is Brc1cnc2cccc(C3CCNC3)n12. The zero-order chi connectivity index (χ0) is 10.3. The predicted octanol–water partition coefficient (Wildman–Crippen LogP) is 2.17. The van der Waals surface area contributed by atoms with Crippen molar-refractivity contribution in [2.45, 2.75) is 12.3 Å². The molecule has 1 fully saturated rings. The molecule has 15 heavy (non-hydrogen) atoms. The molecule has 1 unspecified atom stereocenters. The maximum atomic E-state index is 4.35. The van der Waals surface area contributed by atoms with Crippen LogP contribution in [-0.4, -0.2) is 22.5 Å². The summed E-state index contributed by atoms with van der Waals surface area (Å²) in [6.07, 6.45) is 3.07. The molecule has 1 aliphatic rings. The molecule has 1 N–H and O–H groups in total. The van der Waals surface area contributed by atoms with Gasteiger partial charge < -0.3 is 5.32 Å². The minimum atomic E-state index is 0.610. The van der Waals surface area contributed by atoms with Crippen molar-refractivity contribution in [1.82, 2.24) is 14.7 Å². The summed E-state index contributed by atoms with van der Waals surface area (Å²) in [7, 11) is 0. The Kier molecular flexibility index (Phi) is 2.25. The Labute approximate surface area is 96.6 Å². The highest BCUT2D eigenvalue weighted by molar-refractivity contribution is 9.10. The minimum absolute atomic E-state index is 0.610. The van der Waals surface area contributed by atoms with Crippen molar-refractivity contribution < 1.29 is 0 Å². The van der Waals surface area contributed by atoms with E-state index in [1.807, 2.05) is 12.3 Å². The first-order valence-electron chi connectivity index (χ1n) is 5.19. The van der Waals surface area contributed by atoms with Gasteiger partial charge in [-0.25, -0.2) is 4.98 Å². The van der Waals surface area contributed by atoms with Gasteiger partial charge in [-0.3, -0.25) is 4.40 Å². The second kappa shape index (κ2) is 3.61. The standard InChI is InChI=1S/C11H12BrN3/c12-10-7-14-11-3-1-2-9(15(10)11)8-4-5-13-6-8/h1-3,7-8,13H,4-6H2. The number of nitrogens with one attached hydrogen (secondary N) is 1. The van der Waals surface area contributed by atoms with Crippen LogP contribution in [0.5, 0.6) is 0 Å². The Hall–Kier alpha value is -0.870. The van der Waals surface area contributed by atoms with Gasteiger partial charge in [-0.05, 0) is 41.0 Å². The van der Waals surface area contributed by atoms with Crippen molar-refractivity contribution in [1.29, 1.82) is 0 Å². The van der Waals surface area contributed by atoms with Crippen LogP contribution in [0, 0.1) is 0 Å². The molecular formula is C11H12BrN3. The molecule has 78 valence electrons. The number of imidazole rings is 1. The van der Waals surface area contributed by atoms with Gasteiger partial charge in [0.1, 0.15) is 10.3 Å². The lowest BCUT2D eigenvalue weighted by Crippen LogP contribution is -2.10. The van der Waals surface area contributed by atoms with Crippen molar-refractivity contribution in [3.8, 4) is 0 Å². The molecule has 3 nitrogen and oxygen atoms in total. The Morgan fingerprint density at radius 1 is 1.47 bits per heavy atom. The van der Waals surface area contributed by atoms with Crippen LogP contribution in [0.2, 0.25) is 0 Å². The molecule has 1 aliphatic heterocycles. The van der Waals surface area contributed by atoms with E-state index < -0.39 is 0 Å². The van der Waals surface area contributed by atoms with E-state index in [1.165, 1.54) is 12.1 Å². The lowest BCUT2D eigenvalue weighted by atomic mass is 10.0. The van der Waals surface area contributed by atoms with Crippen LogP contribution < -0.4 is 5.32 Å². The van der Waals surface area contributed by atoms with Gasteiger partial charge in [0, 0.05) is 18.2 Å². The highest BCUT2D eigenvalue weighted by Gasteiger charge is 2.19. The number of aromatic nitrogens is 2. The maximum Gasteiger partial charge on any atom is 0.137 e. The third-order valence-electron chi connectivity index (χ3n) is 3.00.